The molecule has 0 saturated carbocycles. The van der Waals surface area contributed by atoms with Crippen molar-refractivity contribution in [3.05, 3.63) is 89.0 Å². The minimum Gasteiger partial charge on any atom is -0.496 e. The van der Waals surface area contributed by atoms with Crippen molar-refractivity contribution in [2.75, 3.05) is 20.8 Å². The van der Waals surface area contributed by atoms with Crippen molar-refractivity contribution in [2.45, 2.75) is 26.0 Å². The van der Waals surface area contributed by atoms with E-state index in [1.165, 1.54) is 7.11 Å². The summed E-state index contributed by atoms with van der Waals surface area (Å²) in [5.74, 6) is -1.56. The van der Waals surface area contributed by atoms with Gasteiger partial charge in [-0.05, 0) is 40.5 Å². The summed E-state index contributed by atoms with van der Waals surface area (Å²) in [6, 6.07) is 16.3. The van der Waals surface area contributed by atoms with Crippen LogP contribution < -0.4 is 10.1 Å². The molecule has 0 aliphatic rings. The Labute approximate surface area is 202 Å². The first-order valence-corrected chi connectivity index (χ1v) is 11.0. The van der Waals surface area contributed by atoms with Gasteiger partial charge in [-0.2, -0.15) is 0 Å². The molecule has 0 aliphatic heterocycles. The molecule has 3 aromatic rings. The highest BCUT2D eigenvalue weighted by molar-refractivity contribution is 5.77. The molecule has 1 N–H and O–H groups in total. The van der Waals surface area contributed by atoms with Gasteiger partial charge in [-0.3, -0.25) is 9.59 Å². The smallest absolute Gasteiger partial charge is 0.309 e. The number of hydrogen-bond donors (Lipinski definition) is 1. The summed E-state index contributed by atoms with van der Waals surface area (Å²) in [5.41, 5.74) is 3.79. The van der Waals surface area contributed by atoms with Crippen LogP contribution in [-0.4, -0.2) is 32.7 Å². The highest BCUT2D eigenvalue weighted by Gasteiger charge is 2.13. The first-order valence-electron chi connectivity index (χ1n) is 11.0. The summed E-state index contributed by atoms with van der Waals surface area (Å²) in [4.78, 5) is 23.7. The van der Waals surface area contributed by atoms with Crippen molar-refractivity contribution in [1.29, 1.82) is 0 Å². The monoisotopic (exact) mass is 483 g/mol. The summed E-state index contributed by atoms with van der Waals surface area (Å²) in [6.45, 7) is 0.598. The molecule has 0 fully saturated rings. The first kappa shape index (κ1) is 25.8. The molecule has 184 valence electrons. The van der Waals surface area contributed by atoms with E-state index in [0.717, 1.165) is 40.5 Å². The molecule has 8 heteroatoms. The van der Waals surface area contributed by atoms with Crippen LogP contribution >= 0.6 is 0 Å². The van der Waals surface area contributed by atoms with Crippen molar-refractivity contribution in [3.8, 4) is 16.9 Å². The number of nitrogens with one attached hydrogen (secondary N) is 1. The van der Waals surface area contributed by atoms with Gasteiger partial charge in [-0.1, -0.05) is 36.4 Å². The lowest BCUT2D eigenvalue weighted by molar-refractivity contribution is -0.145. The minimum absolute atomic E-state index is 0.0890. The van der Waals surface area contributed by atoms with Crippen molar-refractivity contribution < 1.29 is 32.6 Å². The molecular formula is C27H27F2NO5. The zero-order valence-corrected chi connectivity index (χ0v) is 19.6. The number of esters is 2. The third-order valence-corrected chi connectivity index (χ3v) is 5.27. The minimum atomic E-state index is -0.720. The van der Waals surface area contributed by atoms with E-state index < -0.39 is 17.6 Å². The Hall–Kier alpha value is -3.78. The van der Waals surface area contributed by atoms with Crippen LogP contribution in [0, 0.1) is 11.6 Å². The molecule has 0 saturated heterocycles. The SMILES string of the molecule is COC(=O)Cc1cccc(-c2c(CNCCC(=O)OCc3cc(F)cc(F)c3)cccc2OC)c1. The fourth-order valence-corrected chi connectivity index (χ4v) is 3.64. The summed E-state index contributed by atoms with van der Waals surface area (Å²) < 4.78 is 41.9. The molecule has 0 bridgehead atoms. The molecule has 3 rings (SSSR count). The lowest BCUT2D eigenvalue weighted by atomic mass is 9.96. The summed E-state index contributed by atoms with van der Waals surface area (Å²) in [7, 11) is 2.95. The van der Waals surface area contributed by atoms with Gasteiger partial charge >= 0.3 is 11.9 Å². The molecule has 0 aliphatic carbocycles. The van der Waals surface area contributed by atoms with Crippen LogP contribution in [0.15, 0.2) is 60.7 Å². The van der Waals surface area contributed by atoms with Gasteiger partial charge in [0.25, 0.3) is 0 Å². The number of rotatable bonds is 11. The molecule has 0 atom stereocenters. The van der Waals surface area contributed by atoms with Gasteiger partial charge in [0.1, 0.15) is 24.0 Å². The number of methoxy groups -OCH3 is 2. The predicted octanol–water partition coefficient (Wildman–Crippen LogP) is 4.58. The summed E-state index contributed by atoms with van der Waals surface area (Å²) in [6.07, 6.45) is 0.253. The normalized spacial score (nSPS) is 10.6. The number of carbonyl (C=O) groups excluding carboxylic acids is 2. The second kappa shape index (κ2) is 12.6. The maximum Gasteiger partial charge on any atom is 0.309 e. The summed E-state index contributed by atoms with van der Waals surface area (Å²) in [5, 5.41) is 3.22. The topological polar surface area (TPSA) is 73.9 Å². The van der Waals surface area contributed by atoms with Crippen LogP contribution in [0.1, 0.15) is 23.1 Å². The standard InChI is InChI=1S/C27H27F2NO5/c1-33-24-8-4-7-21(27(24)20-6-3-5-18(11-20)14-26(32)34-2)16-30-10-9-25(31)35-17-19-12-22(28)15-23(29)13-19/h3-8,11-13,15,30H,9-10,14,16-17H2,1-2H3. The number of ether oxygens (including phenoxy) is 3. The Kier molecular flexibility index (Phi) is 9.31. The molecule has 0 heterocycles. The van der Waals surface area contributed by atoms with Gasteiger partial charge < -0.3 is 19.5 Å². The van der Waals surface area contributed by atoms with E-state index >= 15 is 0 Å². The highest BCUT2D eigenvalue weighted by Crippen LogP contribution is 2.34. The Bertz CT molecular complexity index is 1160. The molecule has 0 aromatic heterocycles. The van der Waals surface area contributed by atoms with Crippen LogP contribution in [0.2, 0.25) is 0 Å². The number of benzene rings is 3. The van der Waals surface area contributed by atoms with E-state index in [9.17, 15) is 18.4 Å². The molecule has 3 aromatic carbocycles. The van der Waals surface area contributed by atoms with Gasteiger partial charge in [-0.25, -0.2) is 8.78 Å². The van der Waals surface area contributed by atoms with Crippen molar-refractivity contribution in [3.63, 3.8) is 0 Å². The van der Waals surface area contributed by atoms with Gasteiger partial charge in [0, 0.05) is 24.7 Å². The van der Waals surface area contributed by atoms with Gasteiger partial charge in [-0.15, -0.1) is 0 Å². The Morgan fingerprint density at radius 2 is 1.63 bits per heavy atom. The summed E-state index contributed by atoms with van der Waals surface area (Å²) >= 11 is 0. The van der Waals surface area contributed by atoms with Gasteiger partial charge in [0.2, 0.25) is 0 Å². The highest BCUT2D eigenvalue weighted by atomic mass is 19.1. The fraction of sp³-hybridized carbons (Fsp3) is 0.259. The second-order valence-corrected chi connectivity index (χ2v) is 7.81. The molecule has 0 unspecified atom stereocenters. The predicted molar refractivity (Wildman–Crippen MR) is 127 cm³/mol. The quantitative estimate of drug-likeness (QED) is 0.318. The Morgan fingerprint density at radius 1 is 0.886 bits per heavy atom. The molecule has 6 nitrogen and oxygen atoms in total. The van der Waals surface area contributed by atoms with Crippen molar-refractivity contribution in [2.24, 2.45) is 0 Å². The molecular weight excluding hydrogens is 456 g/mol. The fourth-order valence-electron chi connectivity index (χ4n) is 3.64. The molecule has 0 spiro atoms. The Balaban J connectivity index is 1.60. The lowest BCUT2D eigenvalue weighted by Crippen LogP contribution is -2.19. The third-order valence-electron chi connectivity index (χ3n) is 5.27. The van der Waals surface area contributed by atoms with Crippen molar-refractivity contribution >= 4 is 11.9 Å². The number of hydrogen-bond acceptors (Lipinski definition) is 6. The molecule has 0 amide bonds. The van der Waals surface area contributed by atoms with E-state index in [4.69, 9.17) is 14.2 Å². The second-order valence-electron chi connectivity index (χ2n) is 7.81. The zero-order valence-electron chi connectivity index (χ0n) is 19.6. The van der Waals surface area contributed by atoms with Gasteiger partial charge in [0.15, 0.2) is 0 Å². The van der Waals surface area contributed by atoms with Crippen LogP contribution in [0.4, 0.5) is 8.78 Å². The molecule has 35 heavy (non-hydrogen) atoms. The average Bonchev–Trinajstić information content (AvgIpc) is 2.84. The first-order chi connectivity index (χ1) is 16.9. The average molecular weight is 484 g/mol. The lowest BCUT2D eigenvalue weighted by Gasteiger charge is -2.16. The largest absolute Gasteiger partial charge is 0.496 e. The third kappa shape index (κ3) is 7.61. The van der Waals surface area contributed by atoms with Crippen molar-refractivity contribution in [1.82, 2.24) is 5.32 Å². The van der Waals surface area contributed by atoms with Crippen LogP contribution in [0.25, 0.3) is 11.1 Å². The number of halogens is 2. The van der Waals surface area contributed by atoms with Crippen LogP contribution in [0.3, 0.4) is 0 Å². The van der Waals surface area contributed by atoms with E-state index in [1.807, 2.05) is 42.5 Å². The van der Waals surface area contributed by atoms with E-state index in [1.54, 1.807) is 7.11 Å². The van der Waals surface area contributed by atoms with E-state index in [-0.39, 0.29) is 31.0 Å². The van der Waals surface area contributed by atoms with Crippen LogP contribution in [-0.2, 0) is 38.6 Å². The van der Waals surface area contributed by atoms with E-state index in [2.05, 4.69) is 5.32 Å². The van der Waals surface area contributed by atoms with E-state index in [0.29, 0.717) is 18.8 Å². The Morgan fingerprint density at radius 3 is 2.34 bits per heavy atom. The van der Waals surface area contributed by atoms with Crippen LogP contribution in [0.5, 0.6) is 5.75 Å². The maximum atomic E-state index is 13.2. The van der Waals surface area contributed by atoms with Gasteiger partial charge in [0.05, 0.1) is 27.1 Å². The zero-order chi connectivity index (χ0) is 25.2. The molecule has 0 radical (unpaired) electrons. The maximum absolute atomic E-state index is 13.2. The number of carbonyl (C=O) groups is 2.